The third kappa shape index (κ3) is 3.44. The average molecular weight is 403 g/mol. The fourth-order valence-electron chi connectivity index (χ4n) is 3.34. The summed E-state index contributed by atoms with van der Waals surface area (Å²) in [6.45, 7) is 6.32. The summed E-state index contributed by atoms with van der Waals surface area (Å²) in [5.41, 5.74) is 1.14. The highest BCUT2D eigenvalue weighted by atomic mass is 32.2. The molecule has 3 heterocycles. The molecule has 0 bridgehead atoms. The van der Waals surface area contributed by atoms with Crippen molar-refractivity contribution in [2.45, 2.75) is 24.7 Å². The predicted molar refractivity (Wildman–Crippen MR) is 109 cm³/mol. The molecule has 0 unspecified atom stereocenters. The van der Waals surface area contributed by atoms with Crippen molar-refractivity contribution in [2.24, 2.45) is 0 Å². The van der Waals surface area contributed by atoms with Crippen LogP contribution in [0, 0.1) is 0 Å². The Hall–Kier alpha value is -2.03. The number of hydrogen-bond acceptors (Lipinski definition) is 6. The second kappa shape index (κ2) is 7.18. The van der Waals surface area contributed by atoms with Crippen molar-refractivity contribution in [1.82, 2.24) is 14.3 Å². The Labute approximate surface area is 163 Å². The van der Waals surface area contributed by atoms with Crippen molar-refractivity contribution in [3.8, 4) is 0 Å². The van der Waals surface area contributed by atoms with E-state index >= 15 is 0 Å². The zero-order valence-corrected chi connectivity index (χ0v) is 17.0. The van der Waals surface area contributed by atoms with E-state index in [2.05, 4.69) is 28.7 Å². The fraction of sp³-hybridized carbons (Fsp3) is 0.368. The minimum atomic E-state index is -3.47. The number of thiophene rings is 1. The van der Waals surface area contributed by atoms with Crippen LogP contribution >= 0.6 is 11.3 Å². The lowest BCUT2D eigenvalue weighted by Gasteiger charge is -2.34. The van der Waals surface area contributed by atoms with E-state index < -0.39 is 10.0 Å². The van der Waals surface area contributed by atoms with Crippen LogP contribution < -0.4 is 4.90 Å². The molecule has 1 aliphatic rings. The van der Waals surface area contributed by atoms with Crippen molar-refractivity contribution in [3.05, 3.63) is 47.6 Å². The molecule has 1 aromatic carbocycles. The number of hydrogen-bond donors (Lipinski definition) is 0. The maximum absolute atomic E-state index is 13.0. The molecule has 0 aliphatic carbocycles. The number of benzene rings is 1. The Morgan fingerprint density at radius 3 is 2.37 bits per heavy atom. The molecule has 0 amide bonds. The normalized spacial score (nSPS) is 16.3. The van der Waals surface area contributed by atoms with Crippen LogP contribution in [0.15, 0.2) is 46.9 Å². The number of piperazine rings is 1. The number of anilines is 1. The molecule has 0 saturated carbocycles. The number of sulfonamides is 1. The topological polar surface area (TPSA) is 66.4 Å². The second-order valence-electron chi connectivity index (χ2n) is 6.95. The number of fused-ring (bicyclic) bond motifs is 1. The van der Waals surface area contributed by atoms with Gasteiger partial charge in [-0.15, -0.1) is 11.3 Å². The van der Waals surface area contributed by atoms with Gasteiger partial charge in [0.05, 0.1) is 10.3 Å². The highest BCUT2D eigenvalue weighted by Gasteiger charge is 2.29. The summed E-state index contributed by atoms with van der Waals surface area (Å²) >= 11 is 1.59. The number of rotatable bonds is 4. The summed E-state index contributed by atoms with van der Waals surface area (Å²) in [5, 5.41) is 3.03. The van der Waals surface area contributed by atoms with Gasteiger partial charge in [0, 0.05) is 26.2 Å². The van der Waals surface area contributed by atoms with Gasteiger partial charge in [-0.1, -0.05) is 26.0 Å². The minimum Gasteiger partial charge on any atom is -0.353 e. The van der Waals surface area contributed by atoms with Gasteiger partial charge in [-0.2, -0.15) is 4.31 Å². The van der Waals surface area contributed by atoms with Crippen molar-refractivity contribution in [3.63, 3.8) is 0 Å². The first kappa shape index (κ1) is 18.3. The van der Waals surface area contributed by atoms with Gasteiger partial charge >= 0.3 is 0 Å². The summed E-state index contributed by atoms with van der Waals surface area (Å²) in [7, 11) is -3.47. The summed E-state index contributed by atoms with van der Waals surface area (Å²) in [4.78, 5) is 12.2. The third-order valence-corrected chi connectivity index (χ3v) is 7.70. The molecule has 3 aromatic rings. The predicted octanol–water partition coefficient (Wildman–Crippen LogP) is 3.33. The minimum absolute atomic E-state index is 0.364. The molecular weight excluding hydrogens is 380 g/mol. The number of nitrogens with zero attached hydrogens (tertiary/aromatic N) is 4. The molecule has 6 nitrogen and oxygen atoms in total. The summed E-state index contributed by atoms with van der Waals surface area (Å²) in [5.74, 6) is 1.27. The smallest absolute Gasteiger partial charge is 0.243 e. The molecule has 4 rings (SSSR count). The van der Waals surface area contributed by atoms with Crippen LogP contribution in [-0.4, -0.2) is 48.9 Å². The van der Waals surface area contributed by atoms with Crippen molar-refractivity contribution in [1.29, 1.82) is 0 Å². The van der Waals surface area contributed by atoms with Gasteiger partial charge in [0.25, 0.3) is 0 Å². The van der Waals surface area contributed by atoms with Crippen LogP contribution in [0.2, 0.25) is 0 Å². The molecule has 2 aromatic heterocycles. The quantitative estimate of drug-likeness (QED) is 0.670. The van der Waals surface area contributed by atoms with Gasteiger partial charge in [0.15, 0.2) is 0 Å². The van der Waals surface area contributed by atoms with Crippen LogP contribution in [0.4, 0.5) is 5.82 Å². The summed E-state index contributed by atoms with van der Waals surface area (Å²) in [6, 6.07) is 9.27. The van der Waals surface area contributed by atoms with Crippen LogP contribution in [0.1, 0.15) is 25.3 Å². The highest BCUT2D eigenvalue weighted by molar-refractivity contribution is 7.89. The SMILES string of the molecule is CC(C)c1ccc(S(=O)(=O)N2CCN(c3ncnc4sccc34)CC2)cc1. The van der Waals surface area contributed by atoms with Crippen molar-refractivity contribution >= 4 is 37.4 Å². The molecule has 27 heavy (non-hydrogen) atoms. The van der Waals surface area contributed by atoms with E-state index in [1.807, 2.05) is 23.6 Å². The molecular formula is C19H22N4O2S2. The molecule has 0 atom stereocenters. The van der Waals surface area contributed by atoms with Crippen molar-refractivity contribution < 1.29 is 8.42 Å². The van der Waals surface area contributed by atoms with E-state index in [4.69, 9.17) is 0 Å². The molecule has 1 aliphatic heterocycles. The van der Waals surface area contributed by atoms with E-state index in [0.29, 0.717) is 37.0 Å². The molecule has 1 fully saturated rings. The first-order chi connectivity index (χ1) is 13.0. The first-order valence-electron chi connectivity index (χ1n) is 9.00. The van der Waals surface area contributed by atoms with E-state index in [0.717, 1.165) is 21.6 Å². The largest absolute Gasteiger partial charge is 0.353 e. The maximum atomic E-state index is 13.0. The Morgan fingerprint density at radius 1 is 1.00 bits per heavy atom. The molecule has 142 valence electrons. The Kier molecular flexibility index (Phi) is 4.88. The van der Waals surface area contributed by atoms with E-state index in [-0.39, 0.29) is 0 Å². The van der Waals surface area contributed by atoms with E-state index in [1.54, 1.807) is 34.1 Å². The Balaban J connectivity index is 1.50. The second-order valence-corrected chi connectivity index (χ2v) is 9.78. The maximum Gasteiger partial charge on any atom is 0.243 e. The Bertz CT molecular complexity index is 1040. The standard InChI is InChI=1S/C19H22N4O2S2/c1-14(2)15-3-5-16(6-4-15)27(24,25)23-10-8-22(9-11-23)18-17-7-12-26-19(17)21-13-20-18/h3-7,12-14H,8-11H2,1-2H3. The lowest BCUT2D eigenvalue weighted by Crippen LogP contribution is -2.49. The van der Waals surface area contributed by atoms with Gasteiger partial charge in [-0.25, -0.2) is 18.4 Å². The fourth-order valence-corrected chi connectivity index (χ4v) is 5.49. The molecule has 8 heteroatoms. The Morgan fingerprint density at radius 2 is 1.70 bits per heavy atom. The summed E-state index contributed by atoms with van der Waals surface area (Å²) < 4.78 is 27.5. The van der Waals surface area contributed by atoms with Gasteiger partial charge in [-0.05, 0) is 35.1 Å². The zero-order chi connectivity index (χ0) is 19.0. The molecule has 0 spiro atoms. The van der Waals surface area contributed by atoms with Gasteiger partial charge < -0.3 is 4.90 Å². The molecule has 1 saturated heterocycles. The van der Waals surface area contributed by atoms with E-state index in [9.17, 15) is 8.42 Å². The zero-order valence-electron chi connectivity index (χ0n) is 15.4. The van der Waals surface area contributed by atoms with Crippen molar-refractivity contribution in [2.75, 3.05) is 31.1 Å². The number of aromatic nitrogens is 2. The van der Waals surface area contributed by atoms with E-state index in [1.165, 1.54) is 0 Å². The van der Waals surface area contributed by atoms with Crippen LogP contribution in [0.5, 0.6) is 0 Å². The van der Waals surface area contributed by atoms with Crippen LogP contribution in [0.3, 0.4) is 0 Å². The van der Waals surface area contributed by atoms with Crippen LogP contribution in [0.25, 0.3) is 10.2 Å². The first-order valence-corrected chi connectivity index (χ1v) is 11.3. The summed E-state index contributed by atoms with van der Waals surface area (Å²) in [6.07, 6.45) is 1.58. The van der Waals surface area contributed by atoms with Gasteiger partial charge in [-0.3, -0.25) is 0 Å². The molecule has 0 radical (unpaired) electrons. The lowest BCUT2D eigenvalue weighted by atomic mass is 10.0. The molecule has 0 N–H and O–H groups in total. The average Bonchev–Trinajstić information content (AvgIpc) is 3.17. The van der Waals surface area contributed by atoms with Gasteiger partial charge in [0.1, 0.15) is 17.0 Å². The highest BCUT2D eigenvalue weighted by Crippen LogP contribution is 2.28. The van der Waals surface area contributed by atoms with Crippen LogP contribution in [-0.2, 0) is 10.0 Å². The third-order valence-electron chi connectivity index (χ3n) is 4.96. The van der Waals surface area contributed by atoms with Gasteiger partial charge in [0.2, 0.25) is 10.0 Å². The monoisotopic (exact) mass is 402 g/mol. The lowest BCUT2D eigenvalue weighted by molar-refractivity contribution is 0.384.